The lowest BCUT2D eigenvalue weighted by Gasteiger charge is -2.04. The molecule has 0 heterocycles. The van der Waals surface area contributed by atoms with Gasteiger partial charge in [-0.05, 0) is 58.7 Å². The van der Waals surface area contributed by atoms with Crippen molar-refractivity contribution < 1.29 is 14.6 Å². The molecule has 0 bridgehead atoms. The SMILES string of the molecule is CCCOC(=O)c1ccc(N=Cc2cc(Cl)cc(Br)c2O)cc1. The highest BCUT2D eigenvalue weighted by Crippen LogP contribution is 2.30. The fraction of sp³-hybridized carbons (Fsp3) is 0.176. The summed E-state index contributed by atoms with van der Waals surface area (Å²) in [5.74, 6) is -0.281. The minimum atomic E-state index is -0.348. The number of phenolic OH excluding ortho intramolecular Hbond substituents is 1. The lowest BCUT2D eigenvalue weighted by molar-refractivity contribution is 0.0505. The lowest BCUT2D eigenvalue weighted by Crippen LogP contribution is -2.05. The van der Waals surface area contributed by atoms with Crippen LogP contribution in [0.2, 0.25) is 5.02 Å². The molecule has 6 heteroatoms. The molecular weight excluding hydrogens is 382 g/mol. The molecule has 0 aliphatic carbocycles. The van der Waals surface area contributed by atoms with Crippen molar-refractivity contribution >= 4 is 45.4 Å². The molecule has 0 saturated carbocycles. The Morgan fingerprint density at radius 1 is 1.35 bits per heavy atom. The van der Waals surface area contributed by atoms with E-state index >= 15 is 0 Å². The molecular formula is C17H15BrClNO3. The Bertz CT molecular complexity index is 729. The van der Waals surface area contributed by atoms with Gasteiger partial charge in [0, 0.05) is 16.8 Å². The Labute approximate surface area is 147 Å². The highest BCUT2D eigenvalue weighted by atomic mass is 79.9. The molecule has 0 atom stereocenters. The number of rotatable bonds is 5. The van der Waals surface area contributed by atoms with E-state index in [4.69, 9.17) is 16.3 Å². The third-order valence-corrected chi connectivity index (χ3v) is 3.77. The molecule has 0 fully saturated rings. The number of aliphatic imine (C=N–C) groups is 1. The van der Waals surface area contributed by atoms with Gasteiger partial charge in [-0.25, -0.2) is 4.79 Å². The van der Waals surface area contributed by atoms with Crippen LogP contribution in [0.5, 0.6) is 5.75 Å². The van der Waals surface area contributed by atoms with Gasteiger partial charge in [0.15, 0.2) is 0 Å². The van der Waals surface area contributed by atoms with Crippen LogP contribution in [-0.4, -0.2) is 23.9 Å². The Morgan fingerprint density at radius 3 is 2.70 bits per heavy atom. The minimum absolute atomic E-state index is 0.0675. The average molecular weight is 397 g/mol. The van der Waals surface area contributed by atoms with Crippen LogP contribution in [-0.2, 0) is 4.74 Å². The van der Waals surface area contributed by atoms with Crippen LogP contribution < -0.4 is 0 Å². The van der Waals surface area contributed by atoms with Crippen molar-refractivity contribution in [2.75, 3.05) is 6.61 Å². The highest BCUT2D eigenvalue weighted by molar-refractivity contribution is 9.10. The van der Waals surface area contributed by atoms with Gasteiger partial charge in [-0.2, -0.15) is 0 Å². The number of carbonyl (C=O) groups is 1. The molecule has 0 aliphatic rings. The number of carbonyl (C=O) groups excluding carboxylic acids is 1. The van der Waals surface area contributed by atoms with E-state index in [9.17, 15) is 9.90 Å². The first kappa shape index (κ1) is 17.5. The molecule has 120 valence electrons. The van der Waals surface area contributed by atoms with Gasteiger partial charge in [0.2, 0.25) is 0 Å². The van der Waals surface area contributed by atoms with Crippen LogP contribution in [0.15, 0.2) is 45.9 Å². The standard InChI is InChI=1S/C17H15BrClNO3/c1-2-7-23-17(22)11-3-5-14(6-4-11)20-10-12-8-13(19)9-15(18)16(12)21/h3-6,8-10,21H,2,7H2,1H3. The van der Waals surface area contributed by atoms with Crippen LogP contribution in [0.3, 0.4) is 0 Å². The van der Waals surface area contributed by atoms with Crippen molar-refractivity contribution in [3.8, 4) is 5.75 Å². The molecule has 0 saturated heterocycles. The molecule has 2 aromatic carbocycles. The summed E-state index contributed by atoms with van der Waals surface area (Å²) >= 11 is 9.17. The maximum Gasteiger partial charge on any atom is 0.338 e. The fourth-order valence-corrected chi connectivity index (χ4v) is 2.62. The van der Waals surface area contributed by atoms with Crippen molar-refractivity contribution in [1.29, 1.82) is 0 Å². The largest absolute Gasteiger partial charge is 0.506 e. The third kappa shape index (κ3) is 4.81. The predicted molar refractivity (Wildman–Crippen MR) is 95.1 cm³/mol. The molecule has 0 radical (unpaired) electrons. The van der Waals surface area contributed by atoms with Gasteiger partial charge in [0.05, 0.1) is 22.3 Å². The normalized spacial score (nSPS) is 10.9. The summed E-state index contributed by atoms with van der Waals surface area (Å²) in [6.45, 7) is 2.34. The van der Waals surface area contributed by atoms with Crippen LogP contribution >= 0.6 is 27.5 Å². The first-order chi connectivity index (χ1) is 11.0. The van der Waals surface area contributed by atoms with Gasteiger partial charge in [-0.3, -0.25) is 4.99 Å². The Balaban J connectivity index is 2.13. The fourth-order valence-electron chi connectivity index (χ4n) is 1.79. The van der Waals surface area contributed by atoms with Crippen LogP contribution in [0.4, 0.5) is 5.69 Å². The number of ether oxygens (including phenoxy) is 1. The molecule has 4 nitrogen and oxygen atoms in total. The summed E-state index contributed by atoms with van der Waals surface area (Å²) in [5.41, 5.74) is 1.62. The summed E-state index contributed by atoms with van der Waals surface area (Å²) in [5, 5.41) is 10.4. The lowest BCUT2D eigenvalue weighted by atomic mass is 10.2. The van der Waals surface area contributed by atoms with Gasteiger partial charge < -0.3 is 9.84 Å². The molecule has 1 N–H and O–H groups in total. The zero-order valence-corrected chi connectivity index (χ0v) is 14.8. The third-order valence-electron chi connectivity index (χ3n) is 2.95. The molecule has 2 aromatic rings. The van der Waals surface area contributed by atoms with E-state index < -0.39 is 0 Å². The number of esters is 1. The van der Waals surface area contributed by atoms with Crippen molar-refractivity contribution in [3.63, 3.8) is 0 Å². The summed E-state index contributed by atoms with van der Waals surface area (Å²) in [6.07, 6.45) is 2.29. The van der Waals surface area contributed by atoms with Crippen molar-refractivity contribution in [2.45, 2.75) is 13.3 Å². The number of phenols is 1. The monoisotopic (exact) mass is 395 g/mol. The zero-order valence-electron chi connectivity index (χ0n) is 12.4. The van der Waals surface area contributed by atoms with E-state index in [1.54, 1.807) is 36.4 Å². The second-order valence-corrected chi connectivity index (χ2v) is 6.06. The van der Waals surface area contributed by atoms with E-state index in [2.05, 4.69) is 20.9 Å². The average Bonchev–Trinajstić information content (AvgIpc) is 2.55. The number of halogens is 2. The van der Waals surface area contributed by atoms with Gasteiger partial charge in [-0.1, -0.05) is 18.5 Å². The molecule has 0 aromatic heterocycles. The van der Waals surface area contributed by atoms with E-state index in [0.717, 1.165) is 6.42 Å². The van der Waals surface area contributed by atoms with E-state index in [1.807, 2.05) is 6.92 Å². The van der Waals surface area contributed by atoms with Crippen molar-refractivity contribution in [3.05, 3.63) is 57.0 Å². The van der Waals surface area contributed by atoms with Gasteiger partial charge >= 0.3 is 5.97 Å². The maximum atomic E-state index is 11.7. The Hall–Kier alpha value is -1.85. The second-order valence-electron chi connectivity index (χ2n) is 4.77. The van der Waals surface area contributed by atoms with E-state index in [-0.39, 0.29) is 11.7 Å². The number of hydrogen-bond donors (Lipinski definition) is 1. The van der Waals surface area contributed by atoms with Crippen LogP contribution in [0, 0.1) is 0 Å². The van der Waals surface area contributed by atoms with E-state index in [0.29, 0.717) is 32.9 Å². The topological polar surface area (TPSA) is 58.9 Å². The summed E-state index contributed by atoms with van der Waals surface area (Å²) in [7, 11) is 0. The number of hydrogen-bond acceptors (Lipinski definition) is 4. The molecule has 2 rings (SSSR count). The zero-order chi connectivity index (χ0) is 16.8. The van der Waals surface area contributed by atoms with Gasteiger partial charge in [0.1, 0.15) is 5.75 Å². The predicted octanol–water partition coefficient (Wildman–Crippen LogP) is 5.13. The number of nitrogens with zero attached hydrogens (tertiary/aromatic N) is 1. The maximum absolute atomic E-state index is 11.7. The Morgan fingerprint density at radius 2 is 2.04 bits per heavy atom. The molecule has 0 aliphatic heterocycles. The first-order valence-corrected chi connectivity index (χ1v) is 8.17. The van der Waals surface area contributed by atoms with Crippen molar-refractivity contribution in [2.24, 2.45) is 4.99 Å². The summed E-state index contributed by atoms with van der Waals surface area (Å²) in [6, 6.07) is 9.93. The molecule has 23 heavy (non-hydrogen) atoms. The van der Waals surface area contributed by atoms with Crippen molar-refractivity contribution in [1.82, 2.24) is 0 Å². The number of aromatic hydroxyl groups is 1. The minimum Gasteiger partial charge on any atom is -0.506 e. The van der Waals surface area contributed by atoms with E-state index in [1.165, 1.54) is 6.21 Å². The number of benzene rings is 2. The van der Waals surface area contributed by atoms with Crippen LogP contribution in [0.25, 0.3) is 0 Å². The molecule has 0 spiro atoms. The first-order valence-electron chi connectivity index (χ1n) is 7.00. The highest BCUT2D eigenvalue weighted by Gasteiger charge is 2.07. The smallest absolute Gasteiger partial charge is 0.338 e. The summed E-state index contributed by atoms with van der Waals surface area (Å²) in [4.78, 5) is 16.0. The summed E-state index contributed by atoms with van der Waals surface area (Å²) < 4.78 is 5.56. The van der Waals surface area contributed by atoms with Gasteiger partial charge in [-0.15, -0.1) is 0 Å². The molecule has 0 amide bonds. The second kappa shape index (κ2) is 8.13. The Kier molecular flexibility index (Phi) is 6.19. The van der Waals surface area contributed by atoms with Gasteiger partial charge in [0.25, 0.3) is 0 Å². The van der Waals surface area contributed by atoms with Crippen LogP contribution in [0.1, 0.15) is 29.3 Å². The molecule has 0 unspecified atom stereocenters. The quantitative estimate of drug-likeness (QED) is 0.563.